The van der Waals surface area contributed by atoms with Gasteiger partial charge in [-0.25, -0.2) is 16.8 Å². The van der Waals surface area contributed by atoms with Crippen molar-refractivity contribution in [2.24, 2.45) is 0 Å². The van der Waals surface area contributed by atoms with E-state index in [4.69, 9.17) is 28.4 Å². The van der Waals surface area contributed by atoms with Gasteiger partial charge in [-0.3, -0.25) is 0 Å². The maximum absolute atomic E-state index is 12.7. The van der Waals surface area contributed by atoms with Crippen LogP contribution in [0.15, 0.2) is 24.3 Å². The third-order valence-electron chi connectivity index (χ3n) is 4.86. The number of hydrogen-bond donors (Lipinski definition) is 0. The molecular formula is C23H28O10S2. The molecule has 0 bridgehead atoms. The zero-order valence-electron chi connectivity index (χ0n) is 20.3. The van der Waals surface area contributed by atoms with Crippen molar-refractivity contribution in [1.82, 2.24) is 0 Å². The van der Waals surface area contributed by atoms with Crippen LogP contribution >= 0.6 is 0 Å². The van der Waals surface area contributed by atoms with Gasteiger partial charge in [-0.2, -0.15) is 0 Å². The molecule has 0 aliphatic carbocycles. The zero-order valence-corrected chi connectivity index (χ0v) is 22.0. The average molecular weight is 529 g/mol. The van der Waals surface area contributed by atoms with Crippen molar-refractivity contribution in [2.45, 2.75) is 6.42 Å². The Morgan fingerprint density at radius 1 is 0.657 bits per heavy atom. The van der Waals surface area contributed by atoms with E-state index in [1.54, 1.807) is 12.1 Å². The molecule has 192 valence electrons. The third-order valence-corrected chi connectivity index (χ3v) is 8.78. The molecule has 10 nitrogen and oxygen atoms in total. The van der Waals surface area contributed by atoms with Crippen LogP contribution in [0.2, 0.25) is 0 Å². The molecule has 0 radical (unpaired) electrons. The first-order valence-corrected chi connectivity index (χ1v) is 13.5. The summed E-state index contributed by atoms with van der Waals surface area (Å²) < 4.78 is 81.9. The summed E-state index contributed by atoms with van der Waals surface area (Å²) in [6, 6.07) is 6.18. The Bertz CT molecular complexity index is 1270. The maximum atomic E-state index is 12.7. The molecule has 0 aromatic heterocycles. The number of methoxy groups -OCH3 is 6. The Hall–Kier alpha value is -3.30. The van der Waals surface area contributed by atoms with Gasteiger partial charge >= 0.3 is 0 Å². The predicted octanol–water partition coefficient (Wildman–Crippen LogP) is 2.08. The quantitative estimate of drug-likeness (QED) is 0.401. The van der Waals surface area contributed by atoms with Gasteiger partial charge in [-0.1, -0.05) is 0 Å². The van der Waals surface area contributed by atoms with E-state index < -0.39 is 30.5 Å². The Labute approximate surface area is 205 Å². The molecule has 2 aromatic rings. The fourth-order valence-electron chi connectivity index (χ4n) is 3.16. The molecule has 0 fully saturated rings. The van der Waals surface area contributed by atoms with Crippen LogP contribution in [0.3, 0.4) is 0 Å². The van der Waals surface area contributed by atoms with Gasteiger partial charge in [0.05, 0.1) is 48.4 Å². The van der Waals surface area contributed by atoms with Gasteiger partial charge < -0.3 is 28.4 Å². The fourth-order valence-corrected chi connectivity index (χ4v) is 6.54. The van der Waals surface area contributed by atoms with Crippen LogP contribution in [0.4, 0.5) is 0 Å². The summed E-state index contributed by atoms with van der Waals surface area (Å²) in [7, 11) is 0.135. The van der Waals surface area contributed by atoms with Crippen molar-refractivity contribution in [3.63, 3.8) is 0 Å². The van der Waals surface area contributed by atoms with E-state index in [0.717, 1.165) is 0 Å². The Kier molecular flexibility index (Phi) is 9.50. The molecule has 0 saturated heterocycles. The summed E-state index contributed by atoms with van der Waals surface area (Å²) in [4.78, 5) is 0. The van der Waals surface area contributed by atoms with Crippen LogP contribution in [0.25, 0.3) is 0 Å². The maximum Gasteiger partial charge on any atom is 0.231 e. The molecule has 0 spiro atoms. The lowest BCUT2D eigenvalue weighted by atomic mass is 10.1. The fraction of sp³-hybridized carbons (Fsp3) is 0.391. The minimum atomic E-state index is -4.32. The SMILES string of the molecule is COc1cc(OC)c(C#CS(=O)(=O)CS(=O)(=O)CCc2c(OC)cc(OC)cc2OC)c(OC)c1. The van der Waals surface area contributed by atoms with Crippen LogP contribution in [0.1, 0.15) is 11.1 Å². The third kappa shape index (κ3) is 7.34. The number of benzene rings is 2. The topological polar surface area (TPSA) is 124 Å². The molecule has 0 heterocycles. The second-order valence-corrected chi connectivity index (χ2v) is 11.3. The highest BCUT2D eigenvalue weighted by atomic mass is 32.3. The molecule has 0 aliphatic heterocycles. The lowest BCUT2D eigenvalue weighted by molar-refractivity contribution is 0.369. The van der Waals surface area contributed by atoms with Crippen molar-refractivity contribution >= 4 is 19.7 Å². The molecule has 0 atom stereocenters. The zero-order chi connectivity index (χ0) is 26.2. The smallest absolute Gasteiger partial charge is 0.231 e. The molecule has 0 aliphatic rings. The van der Waals surface area contributed by atoms with Crippen LogP contribution in [0.5, 0.6) is 34.5 Å². The Morgan fingerprint density at radius 3 is 1.49 bits per heavy atom. The lowest BCUT2D eigenvalue weighted by Gasteiger charge is -2.15. The van der Waals surface area contributed by atoms with Gasteiger partial charge in [0, 0.05) is 35.1 Å². The van der Waals surface area contributed by atoms with Crippen LogP contribution in [-0.2, 0) is 26.1 Å². The van der Waals surface area contributed by atoms with Crippen LogP contribution in [0, 0.1) is 11.2 Å². The highest BCUT2D eigenvalue weighted by molar-refractivity contribution is 8.10. The monoisotopic (exact) mass is 528 g/mol. The number of ether oxygens (including phenoxy) is 6. The largest absolute Gasteiger partial charge is 0.496 e. The van der Waals surface area contributed by atoms with E-state index in [0.29, 0.717) is 28.6 Å². The molecule has 0 saturated carbocycles. The summed E-state index contributed by atoms with van der Waals surface area (Å²) >= 11 is 0. The van der Waals surface area contributed by atoms with Crippen LogP contribution < -0.4 is 28.4 Å². The van der Waals surface area contributed by atoms with Crippen molar-refractivity contribution in [3.8, 4) is 45.7 Å². The highest BCUT2D eigenvalue weighted by Crippen LogP contribution is 2.35. The van der Waals surface area contributed by atoms with E-state index in [1.807, 2.05) is 0 Å². The summed E-state index contributed by atoms with van der Waals surface area (Å²) in [5.41, 5.74) is 0.611. The second kappa shape index (κ2) is 11.9. The molecule has 12 heteroatoms. The molecule has 2 aromatic carbocycles. The van der Waals surface area contributed by atoms with Crippen molar-refractivity contribution in [3.05, 3.63) is 35.4 Å². The average Bonchev–Trinajstić information content (AvgIpc) is 2.84. The van der Waals surface area contributed by atoms with E-state index in [2.05, 4.69) is 11.2 Å². The summed E-state index contributed by atoms with van der Waals surface area (Å²) in [6.07, 6.45) is -0.0399. The van der Waals surface area contributed by atoms with Crippen LogP contribution in [-0.4, -0.2) is 70.3 Å². The molecule has 35 heavy (non-hydrogen) atoms. The van der Waals surface area contributed by atoms with Gasteiger partial charge in [-0.15, -0.1) is 0 Å². The van der Waals surface area contributed by atoms with Gasteiger partial charge in [-0.05, 0) is 12.3 Å². The Balaban J connectivity index is 2.29. The highest BCUT2D eigenvalue weighted by Gasteiger charge is 2.23. The van der Waals surface area contributed by atoms with Crippen molar-refractivity contribution in [1.29, 1.82) is 0 Å². The van der Waals surface area contributed by atoms with E-state index in [-0.39, 0.29) is 23.5 Å². The molecular weight excluding hydrogens is 500 g/mol. The summed E-state index contributed by atoms with van der Waals surface area (Å²) in [6.45, 7) is 0. The number of sulfone groups is 2. The standard InChI is InChI=1S/C23H28O10S2/c1-28-16-11-20(30-3)18(21(12-16)31-4)7-9-34(24,25)15-35(26,27)10-8-19-22(32-5)13-17(29-2)14-23(19)33-6/h11-14H,7,9,15H2,1-6H3. The number of rotatable bonds is 11. The molecule has 2 rings (SSSR count). The lowest BCUT2D eigenvalue weighted by Crippen LogP contribution is -2.19. The van der Waals surface area contributed by atoms with Gasteiger partial charge in [0.1, 0.15) is 40.1 Å². The normalized spacial score (nSPS) is 11.1. The van der Waals surface area contributed by atoms with E-state index in [9.17, 15) is 16.8 Å². The van der Waals surface area contributed by atoms with Crippen molar-refractivity contribution in [2.75, 3.05) is 53.5 Å². The minimum Gasteiger partial charge on any atom is -0.496 e. The van der Waals surface area contributed by atoms with E-state index >= 15 is 0 Å². The van der Waals surface area contributed by atoms with Crippen molar-refractivity contribution < 1.29 is 45.3 Å². The summed E-state index contributed by atoms with van der Waals surface area (Å²) in [5, 5.41) is 0.895. The Morgan fingerprint density at radius 2 is 1.09 bits per heavy atom. The van der Waals surface area contributed by atoms with Gasteiger partial charge in [0.25, 0.3) is 0 Å². The van der Waals surface area contributed by atoms with E-state index in [1.165, 1.54) is 54.8 Å². The first kappa shape index (κ1) is 27.9. The van der Waals surface area contributed by atoms with Gasteiger partial charge in [0.2, 0.25) is 9.84 Å². The molecule has 0 unspecified atom stereocenters. The first-order chi connectivity index (χ1) is 16.5. The predicted molar refractivity (Wildman–Crippen MR) is 130 cm³/mol. The van der Waals surface area contributed by atoms with Gasteiger partial charge in [0.15, 0.2) is 14.9 Å². The molecule has 0 amide bonds. The number of hydrogen-bond acceptors (Lipinski definition) is 10. The summed E-state index contributed by atoms with van der Waals surface area (Å²) in [5.74, 6) is 4.01. The second-order valence-electron chi connectivity index (χ2n) is 7.07. The molecule has 0 N–H and O–H groups in total. The first-order valence-electron chi connectivity index (χ1n) is 10.1. The minimum absolute atomic E-state index is 0.0399.